The zero-order chi connectivity index (χ0) is 12.8. The molecule has 0 saturated heterocycles. The van der Waals surface area contributed by atoms with Gasteiger partial charge in [-0.1, -0.05) is 0 Å². The molecule has 0 aromatic carbocycles. The molecule has 0 spiro atoms. The van der Waals surface area contributed by atoms with Gasteiger partial charge < -0.3 is 10.5 Å². The third-order valence-corrected chi connectivity index (χ3v) is 1.20. The maximum atomic E-state index is 10.9. The van der Waals surface area contributed by atoms with Crippen LogP contribution in [-0.2, 0) is 4.74 Å². The molecule has 0 aliphatic heterocycles. The second-order valence-electron chi connectivity index (χ2n) is 4.40. The van der Waals surface area contributed by atoms with Gasteiger partial charge in [0, 0.05) is 11.2 Å². The van der Waals surface area contributed by atoms with E-state index in [0.717, 1.165) is 5.69 Å². The highest BCUT2D eigenvalue weighted by Gasteiger charge is 2.05. The van der Waals surface area contributed by atoms with E-state index in [1.54, 1.807) is 13.0 Å². The average Bonchev–Trinajstić information content (AvgIpc) is 2.14. The summed E-state index contributed by atoms with van der Waals surface area (Å²) in [6.45, 7) is 7.68. The standard InChI is InChI=1S/C7H8N2O2.C4H11N/c1-5-3-6(7(10)11-2)9-4-8-5;1-4(2,3)5/h3-4H,1-2H3;5H2,1-3H3. The number of hydrogen-bond acceptors (Lipinski definition) is 5. The topological polar surface area (TPSA) is 78.1 Å². The second kappa shape index (κ2) is 6.17. The summed E-state index contributed by atoms with van der Waals surface area (Å²) >= 11 is 0. The van der Waals surface area contributed by atoms with Crippen LogP contribution >= 0.6 is 0 Å². The number of aromatic nitrogens is 2. The van der Waals surface area contributed by atoms with Gasteiger partial charge in [0.25, 0.3) is 0 Å². The number of nitrogens with two attached hydrogens (primary N) is 1. The first-order chi connectivity index (χ1) is 7.24. The molecule has 1 heterocycles. The Bertz CT molecular complexity index is 339. The Kier molecular flexibility index (Phi) is 5.60. The molecule has 2 N–H and O–H groups in total. The van der Waals surface area contributed by atoms with Crippen LogP contribution in [0.3, 0.4) is 0 Å². The number of nitrogens with zero attached hydrogens (tertiary/aromatic N) is 2. The van der Waals surface area contributed by atoms with Gasteiger partial charge >= 0.3 is 5.97 Å². The van der Waals surface area contributed by atoms with Crippen LogP contribution < -0.4 is 5.73 Å². The smallest absolute Gasteiger partial charge is 0.356 e. The predicted octanol–water partition coefficient (Wildman–Crippen LogP) is 1.32. The largest absolute Gasteiger partial charge is 0.464 e. The fraction of sp³-hybridized carbons (Fsp3) is 0.545. The molecule has 0 bridgehead atoms. The summed E-state index contributed by atoms with van der Waals surface area (Å²) in [6, 6.07) is 1.58. The molecule has 16 heavy (non-hydrogen) atoms. The highest BCUT2D eigenvalue weighted by molar-refractivity contribution is 5.86. The minimum atomic E-state index is -0.435. The van der Waals surface area contributed by atoms with Gasteiger partial charge in [-0.25, -0.2) is 14.8 Å². The highest BCUT2D eigenvalue weighted by atomic mass is 16.5. The van der Waals surface area contributed by atoms with E-state index in [4.69, 9.17) is 5.73 Å². The highest BCUT2D eigenvalue weighted by Crippen LogP contribution is 1.97. The van der Waals surface area contributed by atoms with Gasteiger partial charge in [0.2, 0.25) is 0 Å². The number of esters is 1. The first-order valence-electron chi connectivity index (χ1n) is 4.90. The lowest BCUT2D eigenvalue weighted by atomic mass is 10.1. The Hall–Kier alpha value is -1.49. The van der Waals surface area contributed by atoms with Crippen molar-refractivity contribution in [3.63, 3.8) is 0 Å². The Balaban J connectivity index is 0.000000385. The lowest BCUT2D eigenvalue weighted by Gasteiger charge is -2.06. The minimum absolute atomic E-state index is 0. The predicted molar refractivity (Wildman–Crippen MR) is 62.0 cm³/mol. The fourth-order valence-corrected chi connectivity index (χ4v) is 0.671. The molecule has 90 valence electrons. The van der Waals surface area contributed by atoms with Crippen molar-refractivity contribution < 1.29 is 9.53 Å². The maximum Gasteiger partial charge on any atom is 0.356 e. The molecule has 0 radical (unpaired) electrons. The van der Waals surface area contributed by atoms with E-state index >= 15 is 0 Å². The summed E-state index contributed by atoms with van der Waals surface area (Å²) in [7, 11) is 1.32. The van der Waals surface area contributed by atoms with Crippen LogP contribution in [0.1, 0.15) is 37.0 Å². The fourth-order valence-electron chi connectivity index (χ4n) is 0.671. The van der Waals surface area contributed by atoms with E-state index in [9.17, 15) is 4.79 Å². The van der Waals surface area contributed by atoms with E-state index in [-0.39, 0.29) is 5.54 Å². The third-order valence-electron chi connectivity index (χ3n) is 1.20. The van der Waals surface area contributed by atoms with Crippen LogP contribution in [0.4, 0.5) is 0 Å². The molecule has 0 aliphatic carbocycles. The first-order valence-corrected chi connectivity index (χ1v) is 4.90. The van der Waals surface area contributed by atoms with Crippen LogP contribution in [0.25, 0.3) is 0 Å². The van der Waals surface area contributed by atoms with Gasteiger partial charge in [0.15, 0.2) is 5.69 Å². The van der Waals surface area contributed by atoms with Gasteiger partial charge in [-0.15, -0.1) is 0 Å². The molecule has 0 fully saturated rings. The average molecular weight is 225 g/mol. The van der Waals surface area contributed by atoms with E-state index in [0.29, 0.717) is 5.69 Å². The van der Waals surface area contributed by atoms with Gasteiger partial charge in [0.1, 0.15) is 6.33 Å². The van der Waals surface area contributed by atoms with Crippen molar-refractivity contribution in [3.05, 3.63) is 23.8 Å². The molecular weight excluding hydrogens is 206 g/mol. The maximum absolute atomic E-state index is 10.9. The molecule has 1 aromatic rings. The monoisotopic (exact) mass is 225 g/mol. The normalized spacial score (nSPS) is 10.1. The number of methoxy groups -OCH3 is 1. The van der Waals surface area contributed by atoms with Crippen molar-refractivity contribution in [1.82, 2.24) is 9.97 Å². The number of carbonyl (C=O) groups is 1. The van der Waals surface area contributed by atoms with Gasteiger partial charge in [-0.2, -0.15) is 0 Å². The van der Waals surface area contributed by atoms with Crippen LogP contribution in [-0.4, -0.2) is 28.6 Å². The van der Waals surface area contributed by atoms with E-state index in [2.05, 4.69) is 14.7 Å². The number of aryl methyl sites for hydroxylation is 1. The van der Waals surface area contributed by atoms with E-state index in [1.165, 1.54) is 13.4 Å². The SMILES string of the molecule is CC(C)(C)N.COC(=O)c1cc(C)ncn1. The number of hydrogen-bond donors (Lipinski definition) is 1. The molecule has 1 rings (SSSR count). The summed E-state index contributed by atoms with van der Waals surface area (Å²) in [5.74, 6) is -0.435. The Morgan fingerprint density at radius 3 is 2.25 bits per heavy atom. The number of rotatable bonds is 1. The Morgan fingerprint density at radius 2 is 1.88 bits per heavy atom. The molecule has 5 heteroatoms. The Labute approximate surface area is 96.0 Å². The van der Waals surface area contributed by atoms with Gasteiger partial charge in [-0.05, 0) is 33.8 Å². The number of ether oxygens (including phenoxy) is 1. The van der Waals surface area contributed by atoms with Crippen LogP contribution in [0.5, 0.6) is 0 Å². The summed E-state index contributed by atoms with van der Waals surface area (Å²) in [5, 5.41) is 0. The van der Waals surface area contributed by atoms with Crippen molar-refractivity contribution in [3.8, 4) is 0 Å². The quantitative estimate of drug-likeness (QED) is 0.729. The second-order valence-corrected chi connectivity index (χ2v) is 4.40. The molecule has 5 nitrogen and oxygen atoms in total. The lowest BCUT2D eigenvalue weighted by Crippen LogP contribution is -2.26. The minimum Gasteiger partial charge on any atom is -0.464 e. The van der Waals surface area contributed by atoms with E-state index < -0.39 is 5.97 Å². The lowest BCUT2D eigenvalue weighted by molar-refractivity contribution is 0.0593. The summed E-state index contributed by atoms with van der Waals surface area (Å²) in [6.07, 6.45) is 1.33. The molecule has 0 amide bonds. The van der Waals surface area contributed by atoms with Crippen molar-refractivity contribution in [2.75, 3.05) is 7.11 Å². The zero-order valence-corrected chi connectivity index (χ0v) is 10.4. The van der Waals surface area contributed by atoms with Crippen molar-refractivity contribution in [2.24, 2.45) is 5.73 Å². The molecule has 0 atom stereocenters. The van der Waals surface area contributed by atoms with Gasteiger partial charge in [-0.3, -0.25) is 0 Å². The summed E-state index contributed by atoms with van der Waals surface area (Å²) < 4.78 is 4.46. The van der Waals surface area contributed by atoms with Crippen molar-refractivity contribution in [1.29, 1.82) is 0 Å². The Morgan fingerprint density at radius 1 is 1.38 bits per heavy atom. The van der Waals surface area contributed by atoms with Crippen LogP contribution in [0, 0.1) is 6.92 Å². The molecule has 0 saturated carbocycles. The summed E-state index contributed by atoms with van der Waals surface area (Å²) in [4.78, 5) is 18.4. The number of carbonyl (C=O) groups excluding carboxylic acids is 1. The molecule has 1 aromatic heterocycles. The zero-order valence-electron chi connectivity index (χ0n) is 10.4. The third kappa shape index (κ3) is 7.87. The molecule has 0 unspecified atom stereocenters. The van der Waals surface area contributed by atoms with Crippen molar-refractivity contribution >= 4 is 5.97 Å². The van der Waals surface area contributed by atoms with Crippen molar-refractivity contribution in [2.45, 2.75) is 33.2 Å². The van der Waals surface area contributed by atoms with Gasteiger partial charge in [0.05, 0.1) is 7.11 Å². The molecular formula is C11H19N3O2. The van der Waals surface area contributed by atoms with Crippen LogP contribution in [0.2, 0.25) is 0 Å². The van der Waals surface area contributed by atoms with E-state index in [1.807, 2.05) is 20.8 Å². The molecule has 0 aliphatic rings. The van der Waals surface area contributed by atoms with Crippen LogP contribution in [0.15, 0.2) is 12.4 Å². The first kappa shape index (κ1) is 14.5. The summed E-state index contributed by atoms with van der Waals surface area (Å²) in [5.41, 5.74) is 6.40.